The lowest BCUT2D eigenvalue weighted by Crippen LogP contribution is -2.53. The monoisotopic (exact) mass is 254 g/mol. The summed E-state index contributed by atoms with van der Waals surface area (Å²) >= 11 is 0. The van der Waals surface area contributed by atoms with Crippen LogP contribution in [-0.2, 0) is 0 Å². The van der Waals surface area contributed by atoms with E-state index in [-0.39, 0.29) is 0 Å². The van der Waals surface area contributed by atoms with Gasteiger partial charge in [-0.2, -0.15) is 0 Å². The molecule has 0 aromatic rings. The lowest BCUT2D eigenvalue weighted by Gasteiger charge is -2.46. The Labute approximate surface area is 115 Å². The van der Waals surface area contributed by atoms with Gasteiger partial charge in [-0.05, 0) is 50.7 Å². The molecule has 0 radical (unpaired) electrons. The first-order chi connectivity index (χ1) is 8.50. The Hall–Kier alpha value is -0.0800. The van der Waals surface area contributed by atoms with Crippen LogP contribution in [0, 0.1) is 11.3 Å². The molecule has 3 atom stereocenters. The Kier molecular flexibility index (Phi) is 6.13. The average Bonchev–Trinajstić information content (AvgIpc) is 2.40. The second-order valence-corrected chi connectivity index (χ2v) is 6.54. The van der Waals surface area contributed by atoms with Gasteiger partial charge in [0.2, 0.25) is 0 Å². The number of hydrogen-bond acceptors (Lipinski definition) is 2. The van der Waals surface area contributed by atoms with Gasteiger partial charge in [0.1, 0.15) is 0 Å². The number of likely N-dealkylation sites (N-methyl/N-ethyl adjacent to an activating group) is 2. The summed E-state index contributed by atoms with van der Waals surface area (Å²) in [6.07, 6.45) is 5.40. The molecule has 1 saturated carbocycles. The Balaban J connectivity index is 2.77. The highest BCUT2D eigenvalue weighted by Gasteiger charge is 2.38. The molecule has 0 saturated heterocycles. The lowest BCUT2D eigenvalue weighted by molar-refractivity contribution is 0.0569. The van der Waals surface area contributed by atoms with Crippen LogP contribution in [0.25, 0.3) is 0 Å². The third-order valence-electron chi connectivity index (χ3n) is 5.49. The van der Waals surface area contributed by atoms with Gasteiger partial charge in [-0.1, -0.05) is 41.0 Å². The first-order valence-electron chi connectivity index (χ1n) is 7.91. The van der Waals surface area contributed by atoms with E-state index in [2.05, 4.69) is 51.9 Å². The van der Waals surface area contributed by atoms with Crippen LogP contribution in [0.4, 0.5) is 0 Å². The lowest BCUT2D eigenvalue weighted by atomic mass is 9.67. The maximum atomic E-state index is 3.55. The van der Waals surface area contributed by atoms with Crippen molar-refractivity contribution >= 4 is 0 Å². The van der Waals surface area contributed by atoms with Crippen molar-refractivity contribution < 1.29 is 0 Å². The molecule has 0 spiro atoms. The van der Waals surface area contributed by atoms with Crippen molar-refractivity contribution in [1.29, 1.82) is 0 Å². The summed E-state index contributed by atoms with van der Waals surface area (Å²) < 4.78 is 0. The topological polar surface area (TPSA) is 15.3 Å². The van der Waals surface area contributed by atoms with Crippen LogP contribution >= 0.6 is 0 Å². The van der Waals surface area contributed by atoms with E-state index >= 15 is 0 Å². The van der Waals surface area contributed by atoms with Crippen molar-refractivity contribution in [2.45, 2.75) is 72.4 Å². The predicted octanol–water partition coefficient (Wildman–Crippen LogP) is 3.52. The quantitative estimate of drug-likeness (QED) is 0.780. The van der Waals surface area contributed by atoms with Crippen LogP contribution in [0.5, 0.6) is 0 Å². The first-order valence-corrected chi connectivity index (χ1v) is 7.91. The van der Waals surface area contributed by atoms with Crippen LogP contribution in [0.1, 0.15) is 60.3 Å². The summed E-state index contributed by atoms with van der Waals surface area (Å²) in [4.78, 5) is 2.65. The van der Waals surface area contributed by atoms with Gasteiger partial charge >= 0.3 is 0 Å². The fourth-order valence-electron chi connectivity index (χ4n) is 3.58. The van der Waals surface area contributed by atoms with E-state index in [1.54, 1.807) is 0 Å². The highest BCUT2D eigenvalue weighted by Crippen LogP contribution is 2.41. The normalized spacial score (nSPS) is 29.8. The summed E-state index contributed by atoms with van der Waals surface area (Å²) in [5, 5.41) is 3.55. The predicted molar refractivity (Wildman–Crippen MR) is 81.0 cm³/mol. The molecule has 1 rings (SSSR count). The molecule has 0 bridgehead atoms. The molecule has 2 heteroatoms. The Morgan fingerprint density at radius 3 is 2.17 bits per heavy atom. The molecule has 0 aromatic heterocycles. The van der Waals surface area contributed by atoms with Crippen LogP contribution in [-0.4, -0.2) is 37.1 Å². The molecule has 1 N–H and O–H groups in total. The van der Waals surface area contributed by atoms with Gasteiger partial charge in [-0.3, -0.25) is 4.90 Å². The number of rotatable bonds is 6. The van der Waals surface area contributed by atoms with E-state index in [1.807, 2.05) is 0 Å². The van der Waals surface area contributed by atoms with Crippen LogP contribution in [0.3, 0.4) is 0 Å². The molecule has 0 heterocycles. The molecule has 1 aliphatic carbocycles. The van der Waals surface area contributed by atoms with Crippen LogP contribution in [0.15, 0.2) is 0 Å². The largest absolute Gasteiger partial charge is 0.315 e. The Morgan fingerprint density at radius 2 is 1.72 bits per heavy atom. The smallest absolute Gasteiger partial charge is 0.0251 e. The Morgan fingerprint density at radius 1 is 1.11 bits per heavy atom. The second kappa shape index (κ2) is 6.91. The molecule has 1 aliphatic rings. The van der Waals surface area contributed by atoms with Gasteiger partial charge in [0.05, 0.1) is 0 Å². The van der Waals surface area contributed by atoms with Gasteiger partial charge in [0.25, 0.3) is 0 Å². The van der Waals surface area contributed by atoms with Crippen molar-refractivity contribution in [2.75, 3.05) is 20.1 Å². The first kappa shape index (κ1) is 16.0. The zero-order chi connectivity index (χ0) is 13.8. The SMILES string of the molecule is CCN(CC)C1CC(C(C)(C)CC)CCC1NC. The van der Waals surface area contributed by atoms with E-state index < -0.39 is 0 Å². The summed E-state index contributed by atoms with van der Waals surface area (Å²) in [6, 6.07) is 1.42. The summed E-state index contributed by atoms with van der Waals surface area (Å²) in [5.41, 5.74) is 0.504. The summed E-state index contributed by atoms with van der Waals surface area (Å²) in [6.45, 7) is 14.2. The van der Waals surface area contributed by atoms with Gasteiger partial charge in [0.15, 0.2) is 0 Å². The van der Waals surface area contributed by atoms with E-state index in [9.17, 15) is 0 Å². The molecule has 0 aromatic carbocycles. The van der Waals surface area contributed by atoms with Gasteiger partial charge < -0.3 is 5.32 Å². The molecular weight excluding hydrogens is 220 g/mol. The van der Waals surface area contributed by atoms with Crippen molar-refractivity contribution in [3.63, 3.8) is 0 Å². The van der Waals surface area contributed by atoms with E-state index in [4.69, 9.17) is 0 Å². The number of hydrogen-bond donors (Lipinski definition) is 1. The molecule has 18 heavy (non-hydrogen) atoms. The molecule has 108 valence electrons. The van der Waals surface area contributed by atoms with Gasteiger partial charge in [-0.15, -0.1) is 0 Å². The van der Waals surface area contributed by atoms with Crippen molar-refractivity contribution in [2.24, 2.45) is 11.3 Å². The zero-order valence-electron chi connectivity index (χ0n) is 13.4. The van der Waals surface area contributed by atoms with E-state index in [1.165, 1.54) is 38.8 Å². The van der Waals surface area contributed by atoms with E-state index in [0.717, 1.165) is 12.0 Å². The highest BCUT2D eigenvalue weighted by atomic mass is 15.2. The molecule has 3 unspecified atom stereocenters. The minimum absolute atomic E-state index is 0.504. The zero-order valence-corrected chi connectivity index (χ0v) is 13.4. The highest BCUT2D eigenvalue weighted by molar-refractivity contribution is 4.94. The maximum absolute atomic E-state index is 3.55. The van der Waals surface area contributed by atoms with Crippen molar-refractivity contribution in [3.05, 3.63) is 0 Å². The molecular formula is C16H34N2. The number of nitrogens with one attached hydrogen (secondary N) is 1. The average molecular weight is 254 g/mol. The standard InChI is InChI=1S/C16H34N2/c1-7-16(4,5)13-10-11-14(17-6)15(12-13)18(8-2)9-3/h13-15,17H,7-12H2,1-6H3. The van der Waals surface area contributed by atoms with Crippen LogP contribution < -0.4 is 5.32 Å². The minimum atomic E-state index is 0.504. The minimum Gasteiger partial charge on any atom is -0.315 e. The van der Waals surface area contributed by atoms with Gasteiger partial charge in [-0.25, -0.2) is 0 Å². The molecule has 0 amide bonds. The third-order valence-corrected chi connectivity index (χ3v) is 5.49. The second-order valence-electron chi connectivity index (χ2n) is 6.54. The molecule has 2 nitrogen and oxygen atoms in total. The summed E-state index contributed by atoms with van der Waals surface area (Å²) in [5.74, 6) is 0.887. The van der Waals surface area contributed by atoms with Crippen molar-refractivity contribution in [1.82, 2.24) is 10.2 Å². The van der Waals surface area contributed by atoms with E-state index in [0.29, 0.717) is 11.5 Å². The fraction of sp³-hybridized carbons (Fsp3) is 1.00. The van der Waals surface area contributed by atoms with Crippen molar-refractivity contribution in [3.8, 4) is 0 Å². The van der Waals surface area contributed by atoms with Crippen LogP contribution in [0.2, 0.25) is 0 Å². The molecule has 0 aliphatic heterocycles. The third kappa shape index (κ3) is 3.48. The van der Waals surface area contributed by atoms with Gasteiger partial charge in [0, 0.05) is 12.1 Å². The molecule has 1 fully saturated rings. The maximum Gasteiger partial charge on any atom is 0.0251 e. The number of nitrogens with zero attached hydrogens (tertiary/aromatic N) is 1. The fourth-order valence-corrected chi connectivity index (χ4v) is 3.58. The Bertz CT molecular complexity index is 226. The summed E-state index contributed by atoms with van der Waals surface area (Å²) in [7, 11) is 2.13.